The summed E-state index contributed by atoms with van der Waals surface area (Å²) in [4.78, 5) is 6.40. The molecule has 0 aliphatic carbocycles. The summed E-state index contributed by atoms with van der Waals surface area (Å²) in [7, 11) is 0. The summed E-state index contributed by atoms with van der Waals surface area (Å²) < 4.78 is 1.96. The van der Waals surface area contributed by atoms with Crippen molar-refractivity contribution in [2.75, 3.05) is 11.4 Å². The van der Waals surface area contributed by atoms with Crippen molar-refractivity contribution in [3.63, 3.8) is 0 Å². The molecule has 0 amide bonds. The van der Waals surface area contributed by atoms with Gasteiger partial charge >= 0.3 is 0 Å². The predicted molar refractivity (Wildman–Crippen MR) is 95.0 cm³/mol. The standard InChI is InChI=1S/C15H12Br2ClN3/c16-9-5-6-12(18)10(7-9)14-8-20-15(19)21(14)13-4-2-1-3-11(13)17/h1-7,14H,8H2,(H2,19,20). The molecule has 1 atom stereocenters. The highest BCUT2D eigenvalue weighted by atomic mass is 79.9. The molecule has 1 unspecified atom stereocenters. The van der Waals surface area contributed by atoms with Gasteiger partial charge in [0.25, 0.3) is 0 Å². The van der Waals surface area contributed by atoms with E-state index in [-0.39, 0.29) is 6.04 Å². The Balaban J connectivity index is 2.07. The highest BCUT2D eigenvalue weighted by Gasteiger charge is 2.31. The number of nitrogens with two attached hydrogens (primary N) is 1. The van der Waals surface area contributed by atoms with Gasteiger partial charge in [-0.1, -0.05) is 39.7 Å². The van der Waals surface area contributed by atoms with Crippen LogP contribution in [-0.4, -0.2) is 12.5 Å². The summed E-state index contributed by atoms with van der Waals surface area (Å²) in [6.07, 6.45) is 0. The van der Waals surface area contributed by atoms with Gasteiger partial charge < -0.3 is 10.6 Å². The Hall–Kier alpha value is -1.04. The van der Waals surface area contributed by atoms with Crippen molar-refractivity contribution in [1.82, 2.24) is 0 Å². The smallest absolute Gasteiger partial charge is 0.196 e. The van der Waals surface area contributed by atoms with Gasteiger partial charge in [0.2, 0.25) is 0 Å². The van der Waals surface area contributed by atoms with Gasteiger partial charge in [-0.15, -0.1) is 0 Å². The molecule has 0 saturated heterocycles. The molecule has 0 saturated carbocycles. The lowest BCUT2D eigenvalue weighted by Gasteiger charge is -2.28. The van der Waals surface area contributed by atoms with Crippen molar-refractivity contribution in [2.24, 2.45) is 10.7 Å². The van der Waals surface area contributed by atoms with Crippen LogP contribution in [0.2, 0.25) is 5.02 Å². The van der Waals surface area contributed by atoms with Crippen LogP contribution in [-0.2, 0) is 0 Å². The summed E-state index contributed by atoms with van der Waals surface area (Å²) >= 11 is 13.4. The molecule has 2 aromatic rings. The van der Waals surface area contributed by atoms with Crippen LogP contribution in [0.1, 0.15) is 11.6 Å². The zero-order valence-electron chi connectivity index (χ0n) is 10.9. The van der Waals surface area contributed by atoms with Gasteiger partial charge in [-0.25, -0.2) is 0 Å². The van der Waals surface area contributed by atoms with E-state index < -0.39 is 0 Å². The number of benzene rings is 2. The van der Waals surface area contributed by atoms with Gasteiger partial charge in [-0.3, -0.25) is 4.99 Å². The molecule has 0 bridgehead atoms. The van der Waals surface area contributed by atoms with Crippen molar-refractivity contribution in [1.29, 1.82) is 0 Å². The minimum absolute atomic E-state index is 0.00583. The summed E-state index contributed by atoms with van der Waals surface area (Å²) in [5.74, 6) is 0.503. The third-order valence-corrected chi connectivity index (χ3v) is 4.92. The quantitative estimate of drug-likeness (QED) is 0.749. The molecule has 21 heavy (non-hydrogen) atoms. The highest BCUT2D eigenvalue weighted by molar-refractivity contribution is 9.10. The Kier molecular flexibility index (Phi) is 4.24. The largest absolute Gasteiger partial charge is 0.369 e. The summed E-state index contributed by atoms with van der Waals surface area (Å²) in [6.45, 7) is 0.587. The van der Waals surface area contributed by atoms with Crippen LogP contribution in [0.5, 0.6) is 0 Å². The van der Waals surface area contributed by atoms with Crippen molar-refractivity contribution in [3.8, 4) is 0 Å². The molecule has 0 radical (unpaired) electrons. The second-order valence-electron chi connectivity index (χ2n) is 4.70. The van der Waals surface area contributed by atoms with Gasteiger partial charge in [0, 0.05) is 14.0 Å². The first-order valence-corrected chi connectivity index (χ1v) is 8.33. The van der Waals surface area contributed by atoms with E-state index in [1.807, 2.05) is 47.4 Å². The zero-order chi connectivity index (χ0) is 15.0. The second-order valence-corrected chi connectivity index (χ2v) is 6.88. The van der Waals surface area contributed by atoms with E-state index in [1.165, 1.54) is 0 Å². The average Bonchev–Trinajstić information content (AvgIpc) is 2.84. The van der Waals surface area contributed by atoms with E-state index in [0.29, 0.717) is 17.5 Å². The van der Waals surface area contributed by atoms with Gasteiger partial charge in [-0.05, 0) is 51.8 Å². The molecule has 2 aromatic carbocycles. The SMILES string of the molecule is NC1=NCC(c2cc(Br)ccc2Cl)N1c1ccccc1Br. The molecule has 108 valence electrons. The first-order chi connectivity index (χ1) is 10.1. The van der Waals surface area contributed by atoms with Crippen LogP contribution in [0, 0.1) is 0 Å². The number of halogens is 3. The normalized spacial score (nSPS) is 18.0. The number of anilines is 1. The van der Waals surface area contributed by atoms with E-state index in [9.17, 15) is 0 Å². The Morgan fingerprint density at radius 3 is 2.71 bits per heavy atom. The average molecular weight is 430 g/mol. The Morgan fingerprint density at radius 1 is 1.19 bits per heavy atom. The van der Waals surface area contributed by atoms with E-state index >= 15 is 0 Å². The van der Waals surface area contributed by atoms with E-state index in [0.717, 1.165) is 20.2 Å². The molecule has 6 heteroatoms. The molecule has 1 aliphatic rings. The molecule has 1 aliphatic heterocycles. The molecule has 3 rings (SSSR count). The summed E-state index contributed by atoms with van der Waals surface area (Å²) in [5, 5.41) is 0.713. The molecule has 2 N–H and O–H groups in total. The van der Waals surface area contributed by atoms with Crippen LogP contribution in [0.25, 0.3) is 0 Å². The fourth-order valence-electron chi connectivity index (χ4n) is 2.44. The second kappa shape index (κ2) is 5.99. The Bertz CT molecular complexity index is 718. The number of hydrogen-bond donors (Lipinski definition) is 1. The van der Waals surface area contributed by atoms with Gasteiger partial charge in [-0.2, -0.15) is 0 Å². The molecule has 3 nitrogen and oxygen atoms in total. The van der Waals surface area contributed by atoms with Crippen LogP contribution in [0.15, 0.2) is 56.4 Å². The highest BCUT2D eigenvalue weighted by Crippen LogP contribution is 2.38. The molecule has 1 heterocycles. The van der Waals surface area contributed by atoms with Crippen LogP contribution in [0.3, 0.4) is 0 Å². The molecule has 0 aromatic heterocycles. The first-order valence-electron chi connectivity index (χ1n) is 6.36. The molecule has 0 spiro atoms. The topological polar surface area (TPSA) is 41.6 Å². The number of rotatable bonds is 2. The maximum atomic E-state index is 6.37. The lowest BCUT2D eigenvalue weighted by molar-refractivity contribution is 0.767. The van der Waals surface area contributed by atoms with E-state index in [4.69, 9.17) is 17.3 Å². The predicted octanol–water partition coefficient (Wildman–Crippen LogP) is 4.74. The number of para-hydroxylation sites is 1. The summed E-state index contributed by atoms with van der Waals surface area (Å²) in [5.41, 5.74) is 8.09. The van der Waals surface area contributed by atoms with Crippen molar-refractivity contribution in [3.05, 3.63) is 62.0 Å². The van der Waals surface area contributed by atoms with Crippen LogP contribution in [0.4, 0.5) is 5.69 Å². The number of guanidine groups is 1. The molecular formula is C15H12Br2ClN3. The minimum atomic E-state index is -0.00583. The number of aliphatic imine (C=N–C) groups is 1. The maximum Gasteiger partial charge on any atom is 0.196 e. The zero-order valence-corrected chi connectivity index (χ0v) is 14.9. The number of nitrogens with zero attached hydrogens (tertiary/aromatic N) is 2. The third kappa shape index (κ3) is 2.82. The van der Waals surface area contributed by atoms with Gasteiger partial charge in [0.05, 0.1) is 18.3 Å². The number of hydrogen-bond acceptors (Lipinski definition) is 3. The third-order valence-electron chi connectivity index (χ3n) is 3.41. The Morgan fingerprint density at radius 2 is 1.95 bits per heavy atom. The fraction of sp³-hybridized carbons (Fsp3) is 0.133. The fourth-order valence-corrected chi connectivity index (χ4v) is 3.54. The van der Waals surface area contributed by atoms with Gasteiger partial charge in [0.15, 0.2) is 5.96 Å². The van der Waals surface area contributed by atoms with Crippen LogP contribution < -0.4 is 10.6 Å². The van der Waals surface area contributed by atoms with Gasteiger partial charge in [0.1, 0.15) is 0 Å². The lowest BCUT2D eigenvalue weighted by atomic mass is 10.1. The van der Waals surface area contributed by atoms with E-state index in [2.05, 4.69) is 36.9 Å². The molecule has 0 fully saturated rings. The Labute approximate surface area is 145 Å². The van der Waals surface area contributed by atoms with Crippen molar-refractivity contribution in [2.45, 2.75) is 6.04 Å². The summed E-state index contributed by atoms with van der Waals surface area (Å²) in [6, 6.07) is 13.8. The van der Waals surface area contributed by atoms with Crippen LogP contribution >= 0.6 is 43.5 Å². The molecular weight excluding hydrogens is 417 g/mol. The monoisotopic (exact) mass is 427 g/mol. The minimum Gasteiger partial charge on any atom is -0.369 e. The first kappa shape index (κ1) is 14.9. The van der Waals surface area contributed by atoms with Crippen molar-refractivity contribution >= 4 is 55.1 Å². The lowest BCUT2D eigenvalue weighted by Crippen LogP contribution is -2.36. The van der Waals surface area contributed by atoms with Crippen molar-refractivity contribution < 1.29 is 0 Å². The van der Waals surface area contributed by atoms with E-state index in [1.54, 1.807) is 0 Å². The maximum absolute atomic E-state index is 6.37.